The molecule has 1 aromatic rings. The van der Waals surface area contributed by atoms with Gasteiger partial charge in [-0.1, -0.05) is 12.1 Å². The fourth-order valence-electron chi connectivity index (χ4n) is 0.688. The van der Waals surface area contributed by atoms with E-state index < -0.39 is 5.97 Å². The zero-order valence-electron chi connectivity index (χ0n) is 7.45. The number of carbonyl (C=O) groups excluding carboxylic acids is 1. The SMILES string of the molecule is O=C(OF)c1ccccc1O.[H-].[Na+]. The predicted octanol–water partition coefficient (Wildman–Crippen LogP) is -1.45. The molecule has 0 saturated heterocycles. The summed E-state index contributed by atoms with van der Waals surface area (Å²) in [6, 6.07) is 5.54. The van der Waals surface area contributed by atoms with E-state index in [2.05, 4.69) is 4.94 Å². The van der Waals surface area contributed by atoms with Gasteiger partial charge < -0.3 is 6.53 Å². The molecule has 0 bridgehead atoms. The smallest absolute Gasteiger partial charge is 1.00 e. The average Bonchev–Trinajstić information content (AvgIpc) is 2.04. The van der Waals surface area contributed by atoms with Crippen molar-refractivity contribution in [3.05, 3.63) is 29.8 Å². The molecule has 1 aromatic carbocycles. The van der Waals surface area contributed by atoms with Crippen LogP contribution < -0.4 is 29.6 Å². The van der Waals surface area contributed by atoms with Gasteiger partial charge in [-0.25, -0.2) is 9.74 Å². The molecule has 0 spiro atoms. The van der Waals surface area contributed by atoms with Gasteiger partial charge >= 0.3 is 35.5 Å². The number of rotatable bonds is 1. The van der Waals surface area contributed by atoms with Gasteiger partial charge in [-0.2, -0.15) is 0 Å². The Morgan fingerprint density at radius 2 is 2.08 bits per heavy atom. The molecule has 1 N–H and O–H groups in total. The van der Waals surface area contributed by atoms with Gasteiger partial charge in [-0.3, -0.25) is 0 Å². The van der Waals surface area contributed by atoms with Crippen molar-refractivity contribution in [2.75, 3.05) is 0 Å². The molecule has 0 heterocycles. The van der Waals surface area contributed by atoms with Crippen molar-refractivity contribution in [2.45, 2.75) is 0 Å². The van der Waals surface area contributed by atoms with Crippen LogP contribution in [-0.2, 0) is 4.94 Å². The molecule has 0 amide bonds. The predicted molar refractivity (Wildman–Crippen MR) is 35.7 cm³/mol. The molecule has 0 aromatic heterocycles. The molecule has 0 atom stereocenters. The largest absolute Gasteiger partial charge is 1.00 e. The topological polar surface area (TPSA) is 46.5 Å². The Balaban J connectivity index is 0. The molecule has 0 unspecified atom stereocenters. The van der Waals surface area contributed by atoms with Gasteiger partial charge in [0.25, 0.3) is 0 Å². The minimum absolute atomic E-state index is 0. The standard InChI is InChI=1S/C7H5FO3.Na.H/c8-11-7(10)5-3-1-2-4-6(5)9;;/h1-4,9H;;/q;+1;-1. The first kappa shape index (κ1) is 11.4. The second-order valence-corrected chi connectivity index (χ2v) is 1.88. The van der Waals surface area contributed by atoms with Crippen molar-refractivity contribution in [3.8, 4) is 5.75 Å². The summed E-state index contributed by atoms with van der Waals surface area (Å²) in [5.41, 5.74) is -0.185. The Labute approximate surface area is 91.8 Å². The van der Waals surface area contributed by atoms with Crippen molar-refractivity contribution in [1.29, 1.82) is 0 Å². The molecule has 0 radical (unpaired) electrons. The van der Waals surface area contributed by atoms with Crippen molar-refractivity contribution in [3.63, 3.8) is 0 Å². The van der Waals surface area contributed by atoms with Crippen LogP contribution in [0.1, 0.15) is 11.8 Å². The van der Waals surface area contributed by atoms with Gasteiger partial charge in [0.1, 0.15) is 11.3 Å². The van der Waals surface area contributed by atoms with E-state index in [0.29, 0.717) is 0 Å². The molecular weight excluding hydrogens is 174 g/mol. The molecule has 0 aliphatic carbocycles. The quantitative estimate of drug-likeness (QED) is 0.538. The Morgan fingerprint density at radius 1 is 1.50 bits per heavy atom. The van der Waals surface area contributed by atoms with Gasteiger partial charge in [-0.05, 0) is 12.1 Å². The van der Waals surface area contributed by atoms with E-state index in [4.69, 9.17) is 5.11 Å². The summed E-state index contributed by atoms with van der Waals surface area (Å²) < 4.78 is 11.3. The van der Waals surface area contributed by atoms with E-state index in [1.807, 2.05) is 0 Å². The molecule has 0 aliphatic heterocycles. The molecule has 60 valence electrons. The van der Waals surface area contributed by atoms with E-state index in [1.165, 1.54) is 24.3 Å². The van der Waals surface area contributed by atoms with E-state index in [-0.39, 0.29) is 42.3 Å². The first-order valence-electron chi connectivity index (χ1n) is 2.86. The molecule has 1 rings (SSSR count). The van der Waals surface area contributed by atoms with Crippen LogP contribution in [-0.4, -0.2) is 11.1 Å². The van der Waals surface area contributed by atoms with E-state index in [0.717, 1.165) is 0 Å². The molecular formula is C7H6FNaO3. The third-order valence-electron chi connectivity index (χ3n) is 1.19. The van der Waals surface area contributed by atoms with Crippen molar-refractivity contribution in [1.82, 2.24) is 0 Å². The van der Waals surface area contributed by atoms with Crippen molar-refractivity contribution in [2.24, 2.45) is 0 Å². The van der Waals surface area contributed by atoms with E-state index >= 15 is 0 Å². The maximum atomic E-state index is 11.3. The van der Waals surface area contributed by atoms with Crippen LogP contribution in [0.2, 0.25) is 0 Å². The molecule has 0 saturated carbocycles. The number of hydrogen-bond donors (Lipinski definition) is 1. The zero-order valence-corrected chi connectivity index (χ0v) is 8.45. The Bertz CT molecular complexity index is 282. The second kappa shape index (κ2) is 5.13. The van der Waals surface area contributed by atoms with Gasteiger partial charge in [0.2, 0.25) is 0 Å². The molecule has 5 heteroatoms. The minimum atomic E-state index is -1.19. The summed E-state index contributed by atoms with van der Waals surface area (Å²) in [7, 11) is 0. The number of hydrogen-bond acceptors (Lipinski definition) is 3. The summed E-state index contributed by atoms with van der Waals surface area (Å²) in [5.74, 6) is -1.49. The molecule has 0 fully saturated rings. The third-order valence-corrected chi connectivity index (χ3v) is 1.19. The summed E-state index contributed by atoms with van der Waals surface area (Å²) in [6.45, 7) is 0. The van der Waals surface area contributed by atoms with Crippen LogP contribution in [0.5, 0.6) is 5.75 Å². The number of phenols is 1. The average molecular weight is 180 g/mol. The number of phenolic OH excluding ortho intramolecular Hbond substituents is 1. The maximum Gasteiger partial charge on any atom is 1.00 e. The van der Waals surface area contributed by atoms with Crippen LogP contribution in [0.3, 0.4) is 0 Å². The van der Waals surface area contributed by atoms with Gasteiger partial charge in [0, 0.05) is 4.53 Å². The number of aromatic hydroxyl groups is 1. The van der Waals surface area contributed by atoms with Crippen LogP contribution in [0, 0.1) is 0 Å². The second-order valence-electron chi connectivity index (χ2n) is 1.88. The van der Waals surface area contributed by atoms with Gasteiger partial charge in [0.15, 0.2) is 0 Å². The first-order chi connectivity index (χ1) is 5.25. The Kier molecular flexibility index (Phi) is 4.89. The summed E-state index contributed by atoms with van der Waals surface area (Å²) >= 11 is 0. The molecule has 3 nitrogen and oxygen atoms in total. The zero-order chi connectivity index (χ0) is 8.27. The normalized spacial score (nSPS) is 8.42. The molecule has 0 aliphatic rings. The number of para-hydroxylation sites is 1. The van der Waals surface area contributed by atoms with Crippen LogP contribution in [0.25, 0.3) is 0 Å². The summed E-state index contributed by atoms with van der Waals surface area (Å²) in [6.07, 6.45) is 0. The maximum absolute atomic E-state index is 11.3. The number of benzene rings is 1. The third kappa shape index (κ3) is 2.48. The van der Waals surface area contributed by atoms with Crippen molar-refractivity contribution >= 4 is 5.97 Å². The van der Waals surface area contributed by atoms with E-state index in [1.54, 1.807) is 0 Å². The molecule has 12 heavy (non-hydrogen) atoms. The Morgan fingerprint density at radius 3 is 2.58 bits per heavy atom. The van der Waals surface area contributed by atoms with Crippen LogP contribution in [0.15, 0.2) is 24.3 Å². The van der Waals surface area contributed by atoms with E-state index in [9.17, 15) is 9.32 Å². The number of halogens is 1. The van der Waals surface area contributed by atoms with Crippen LogP contribution >= 0.6 is 0 Å². The summed E-state index contributed by atoms with van der Waals surface area (Å²) in [5, 5.41) is 8.94. The fourth-order valence-corrected chi connectivity index (χ4v) is 0.688. The van der Waals surface area contributed by atoms with Crippen molar-refractivity contribution < 1.29 is 50.4 Å². The first-order valence-corrected chi connectivity index (χ1v) is 2.86. The number of carbonyl (C=O) groups is 1. The summed E-state index contributed by atoms with van der Waals surface area (Å²) in [4.78, 5) is 13.4. The fraction of sp³-hybridized carbons (Fsp3) is 0. The monoisotopic (exact) mass is 180 g/mol. The van der Waals surface area contributed by atoms with Gasteiger partial charge in [-0.15, -0.1) is 0 Å². The Hall–Kier alpha value is -0.580. The minimum Gasteiger partial charge on any atom is -1.00 e. The van der Waals surface area contributed by atoms with Crippen LogP contribution in [0.4, 0.5) is 4.53 Å². The van der Waals surface area contributed by atoms with Gasteiger partial charge in [0.05, 0.1) is 0 Å².